The summed E-state index contributed by atoms with van der Waals surface area (Å²) in [6.45, 7) is -0.938. The lowest BCUT2D eigenvalue weighted by Crippen LogP contribution is -2.38. The Balaban J connectivity index is 3.17. The average molecular weight is 370 g/mol. The molecule has 112 valence electrons. The number of ether oxygens (including phenoxy) is 1. The molecule has 0 saturated carbocycles. The van der Waals surface area contributed by atoms with E-state index in [1.165, 1.54) is 13.2 Å². The van der Waals surface area contributed by atoms with Gasteiger partial charge in [-0.05, 0) is 18.2 Å². The quantitative estimate of drug-likeness (QED) is 0.783. The molecule has 0 amide bonds. The van der Waals surface area contributed by atoms with E-state index < -0.39 is 33.3 Å². The molecule has 0 aliphatic heterocycles. The molecule has 0 aliphatic carbocycles. The highest BCUT2D eigenvalue weighted by atomic mass is 79.9. The van der Waals surface area contributed by atoms with Crippen molar-refractivity contribution < 1.29 is 27.4 Å². The number of methoxy groups -OCH3 is 1. The van der Waals surface area contributed by atoms with Crippen molar-refractivity contribution in [1.29, 1.82) is 0 Å². The predicted octanol–water partition coefficient (Wildman–Crippen LogP) is 1.31. The van der Waals surface area contributed by atoms with Crippen molar-refractivity contribution in [3.8, 4) is 0 Å². The number of nitrogens with zero attached hydrogens (tertiary/aromatic N) is 1. The number of sulfonamides is 1. The fraction of sp³-hybridized carbons (Fsp3) is 0.364. The molecule has 6 nitrogen and oxygen atoms in total. The summed E-state index contributed by atoms with van der Waals surface area (Å²) in [5.74, 6) is -2.28. The monoisotopic (exact) mass is 369 g/mol. The molecule has 9 heteroatoms. The normalized spacial score (nSPS) is 11.8. The lowest BCUT2D eigenvalue weighted by atomic mass is 10.3. The minimum absolute atomic E-state index is 0.00462. The summed E-state index contributed by atoms with van der Waals surface area (Å²) in [6, 6.07) is 3.45. The number of rotatable bonds is 7. The SMILES string of the molecule is COCCN(CC(=O)O)S(=O)(=O)c1ccc(Br)cc1F. The van der Waals surface area contributed by atoms with Crippen molar-refractivity contribution in [2.45, 2.75) is 4.90 Å². The van der Waals surface area contributed by atoms with Gasteiger partial charge in [0.25, 0.3) is 0 Å². The molecule has 0 fully saturated rings. The van der Waals surface area contributed by atoms with Crippen LogP contribution in [0.25, 0.3) is 0 Å². The number of halogens is 2. The molecule has 0 bridgehead atoms. The van der Waals surface area contributed by atoms with Crippen LogP contribution < -0.4 is 0 Å². The number of hydrogen-bond acceptors (Lipinski definition) is 4. The van der Waals surface area contributed by atoms with Crippen LogP contribution in [0.1, 0.15) is 0 Å². The van der Waals surface area contributed by atoms with Crippen molar-refractivity contribution >= 4 is 31.9 Å². The third kappa shape index (κ3) is 4.23. The number of carboxylic acids is 1. The molecule has 1 aromatic carbocycles. The van der Waals surface area contributed by atoms with Gasteiger partial charge in [0.15, 0.2) is 0 Å². The van der Waals surface area contributed by atoms with Crippen molar-refractivity contribution in [2.24, 2.45) is 0 Å². The summed E-state index contributed by atoms with van der Waals surface area (Å²) >= 11 is 3.02. The van der Waals surface area contributed by atoms with E-state index in [1.54, 1.807) is 0 Å². The van der Waals surface area contributed by atoms with Crippen LogP contribution in [0.3, 0.4) is 0 Å². The van der Waals surface area contributed by atoms with Crippen molar-refractivity contribution in [3.63, 3.8) is 0 Å². The van der Waals surface area contributed by atoms with Crippen LogP contribution in [0.15, 0.2) is 27.6 Å². The van der Waals surface area contributed by atoms with E-state index in [2.05, 4.69) is 15.9 Å². The third-order valence-electron chi connectivity index (χ3n) is 2.37. The zero-order chi connectivity index (χ0) is 15.3. The van der Waals surface area contributed by atoms with E-state index in [-0.39, 0.29) is 13.2 Å². The Kier molecular flexibility index (Phi) is 6.06. The Morgan fingerprint density at radius 1 is 1.50 bits per heavy atom. The largest absolute Gasteiger partial charge is 0.480 e. The second-order valence-corrected chi connectivity index (χ2v) is 6.62. The maximum atomic E-state index is 13.8. The van der Waals surface area contributed by atoms with Gasteiger partial charge >= 0.3 is 5.97 Å². The predicted molar refractivity (Wildman–Crippen MR) is 72.4 cm³/mol. The van der Waals surface area contributed by atoms with Gasteiger partial charge in [-0.25, -0.2) is 12.8 Å². The first-order valence-corrected chi connectivity index (χ1v) is 7.68. The van der Waals surface area contributed by atoms with Gasteiger partial charge < -0.3 is 9.84 Å². The van der Waals surface area contributed by atoms with E-state index in [0.717, 1.165) is 12.1 Å². The van der Waals surface area contributed by atoms with Crippen LogP contribution in [-0.2, 0) is 19.6 Å². The van der Waals surface area contributed by atoms with Crippen LogP contribution in [0, 0.1) is 5.82 Å². The van der Waals surface area contributed by atoms with Gasteiger partial charge in [-0.2, -0.15) is 4.31 Å². The minimum atomic E-state index is -4.24. The molecule has 1 rings (SSSR count). The first kappa shape index (κ1) is 17.0. The molecule has 20 heavy (non-hydrogen) atoms. The first-order valence-electron chi connectivity index (χ1n) is 5.45. The van der Waals surface area contributed by atoms with Crippen molar-refractivity contribution in [2.75, 3.05) is 26.8 Å². The van der Waals surface area contributed by atoms with E-state index in [0.29, 0.717) is 8.78 Å². The maximum absolute atomic E-state index is 13.8. The highest BCUT2D eigenvalue weighted by Crippen LogP contribution is 2.22. The minimum Gasteiger partial charge on any atom is -0.480 e. The number of carboxylic acid groups (broad SMARTS) is 1. The Morgan fingerprint density at radius 3 is 2.65 bits per heavy atom. The van der Waals surface area contributed by atoms with Gasteiger partial charge in [-0.3, -0.25) is 4.79 Å². The van der Waals surface area contributed by atoms with Crippen LogP contribution in [0.2, 0.25) is 0 Å². The molecule has 1 aromatic rings. The molecule has 1 N–H and O–H groups in total. The Morgan fingerprint density at radius 2 is 2.15 bits per heavy atom. The fourth-order valence-electron chi connectivity index (χ4n) is 1.45. The first-order chi connectivity index (χ1) is 9.28. The molecule has 0 saturated heterocycles. The molecule has 0 heterocycles. The summed E-state index contributed by atoms with van der Waals surface area (Å²) in [6.07, 6.45) is 0. The highest BCUT2D eigenvalue weighted by molar-refractivity contribution is 9.10. The van der Waals surface area contributed by atoms with Gasteiger partial charge in [0, 0.05) is 18.1 Å². The molecule has 0 spiro atoms. The summed E-state index contributed by atoms with van der Waals surface area (Å²) in [5.41, 5.74) is 0. The van der Waals surface area contributed by atoms with Crippen molar-refractivity contribution in [3.05, 3.63) is 28.5 Å². The van der Waals surface area contributed by atoms with E-state index >= 15 is 0 Å². The number of carbonyl (C=O) groups is 1. The lowest BCUT2D eigenvalue weighted by molar-refractivity contribution is -0.137. The summed E-state index contributed by atoms with van der Waals surface area (Å²) in [7, 11) is -2.89. The maximum Gasteiger partial charge on any atom is 0.318 e. The van der Waals surface area contributed by atoms with E-state index in [4.69, 9.17) is 9.84 Å². The van der Waals surface area contributed by atoms with Gasteiger partial charge in [-0.1, -0.05) is 15.9 Å². The molecule has 0 unspecified atom stereocenters. The third-order valence-corrected chi connectivity index (χ3v) is 4.74. The zero-order valence-electron chi connectivity index (χ0n) is 10.5. The molecular weight excluding hydrogens is 357 g/mol. The second kappa shape index (κ2) is 7.11. The molecular formula is C11H13BrFNO5S. The summed E-state index contributed by atoms with van der Waals surface area (Å²) in [4.78, 5) is 10.2. The Bertz CT molecular complexity index is 592. The summed E-state index contributed by atoms with van der Waals surface area (Å²) in [5, 5.41) is 8.76. The second-order valence-electron chi connectivity index (χ2n) is 3.80. The molecule has 0 aromatic heterocycles. The molecule has 0 atom stereocenters. The molecule has 0 radical (unpaired) electrons. The lowest BCUT2D eigenvalue weighted by Gasteiger charge is -2.20. The van der Waals surface area contributed by atoms with E-state index in [9.17, 15) is 17.6 Å². The highest BCUT2D eigenvalue weighted by Gasteiger charge is 2.29. The summed E-state index contributed by atoms with van der Waals surface area (Å²) < 4.78 is 44.0. The van der Waals surface area contributed by atoms with Crippen LogP contribution in [-0.4, -0.2) is 50.6 Å². The Hall–Kier alpha value is -1.03. The number of aliphatic carboxylic acids is 1. The number of benzene rings is 1. The van der Waals surface area contributed by atoms with Gasteiger partial charge in [0.05, 0.1) is 6.61 Å². The topological polar surface area (TPSA) is 83.9 Å². The van der Waals surface area contributed by atoms with Crippen LogP contribution >= 0.6 is 15.9 Å². The average Bonchev–Trinajstić information content (AvgIpc) is 2.33. The smallest absolute Gasteiger partial charge is 0.318 e. The zero-order valence-corrected chi connectivity index (χ0v) is 12.9. The van der Waals surface area contributed by atoms with Gasteiger partial charge in [0.1, 0.15) is 17.3 Å². The van der Waals surface area contributed by atoms with Crippen molar-refractivity contribution in [1.82, 2.24) is 4.31 Å². The van der Waals surface area contributed by atoms with Gasteiger partial charge in [0.2, 0.25) is 10.0 Å². The van der Waals surface area contributed by atoms with E-state index in [1.807, 2.05) is 0 Å². The van der Waals surface area contributed by atoms with Crippen LogP contribution in [0.5, 0.6) is 0 Å². The van der Waals surface area contributed by atoms with Gasteiger partial charge in [-0.15, -0.1) is 0 Å². The fourth-order valence-corrected chi connectivity index (χ4v) is 3.20. The van der Waals surface area contributed by atoms with Crippen LogP contribution in [0.4, 0.5) is 4.39 Å². The standard InChI is InChI=1S/C11H13BrFNO5S/c1-19-5-4-14(7-11(15)16)20(17,18)10-3-2-8(12)6-9(10)13/h2-3,6H,4-5,7H2,1H3,(H,15,16). The Labute approximate surface area is 124 Å². The number of hydrogen-bond donors (Lipinski definition) is 1. The molecule has 0 aliphatic rings.